The van der Waals surface area contributed by atoms with E-state index in [9.17, 15) is 0 Å². The Morgan fingerprint density at radius 2 is 1.84 bits per heavy atom. The molecule has 0 spiro atoms. The van der Waals surface area contributed by atoms with Crippen molar-refractivity contribution in [2.75, 3.05) is 32.5 Å². The Hall–Kier alpha value is -2.92. The van der Waals surface area contributed by atoms with Crippen LogP contribution in [0.1, 0.15) is 0 Å². The van der Waals surface area contributed by atoms with Crippen molar-refractivity contribution < 1.29 is 0 Å². The number of nitrogens with zero attached hydrogens (tertiary/aromatic N) is 4. The third kappa shape index (κ3) is 2.94. The zero-order valence-electron chi connectivity index (χ0n) is 14.5. The Kier molecular flexibility index (Phi) is 4.07. The van der Waals surface area contributed by atoms with E-state index >= 15 is 0 Å². The normalized spacial score (nSPS) is 11.5. The summed E-state index contributed by atoms with van der Waals surface area (Å²) in [6.45, 7) is 1.82. The third-order valence-corrected chi connectivity index (χ3v) is 4.35. The maximum atomic E-state index is 4.58. The molecule has 4 aromatic rings. The molecule has 0 radical (unpaired) electrons. The molecule has 0 saturated carbocycles. The van der Waals surface area contributed by atoms with Crippen LogP contribution in [0.15, 0.2) is 60.9 Å². The Morgan fingerprint density at radius 3 is 2.72 bits per heavy atom. The molecule has 0 amide bonds. The van der Waals surface area contributed by atoms with Crippen LogP contribution in [0.3, 0.4) is 0 Å². The molecule has 5 nitrogen and oxygen atoms in total. The fourth-order valence-corrected chi connectivity index (χ4v) is 3.08. The number of anilines is 1. The average Bonchev–Trinajstić information content (AvgIpc) is 3.06. The minimum absolute atomic E-state index is 0.857. The first-order valence-electron chi connectivity index (χ1n) is 8.43. The summed E-state index contributed by atoms with van der Waals surface area (Å²) >= 11 is 0. The lowest BCUT2D eigenvalue weighted by molar-refractivity contribution is 0.425. The molecule has 25 heavy (non-hydrogen) atoms. The fraction of sp³-hybridized carbons (Fsp3) is 0.200. The summed E-state index contributed by atoms with van der Waals surface area (Å²) in [6.07, 6.45) is 3.74. The first kappa shape index (κ1) is 15.6. The molecular weight excluding hydrogens is 310 g/mol. The maximum absolute atomic E-state index is 4.58. The van der Waals surface area contributed by atoms with Crippen molar-refractivity contribution in [3.63, 3.8) is 0 Å². The van der Waals surface area contributed by atoms with E-state index < -0.39 is 0 Å². The van der Waals surface area contributed by atoms with Crippen LogP contribution in [0, 0.1) is 0 Å². The number of nitrogens with one attached hydrogen (secondary N) is 1. The van der Waals surface area contributed by atoms with E-state index in [0.717, 1.165) is 35.7 Å². The molecule has 0 atom stereocenters. The van der Waals surface area contributed by atoms with Crippen LogP contribution in [-0.4, -0.2) is 46.7 Å². The van der Waals surface area contributed by atoms with Gasteiger partial charge in [-0.05, 0) is 36.5 Å². The van der Waals surface area contributed by atoms with Gasteiger partial charge in [0.05, 0.1) is 6.20 Å². The van der Waals surface area contributed by atoms with Crippen molar-refractivity contribution in [2.24, 2.45) is 0 Å². The van der Waals surface area contributed by atoms with Crippen molar-refractivity contribution in [3.05, 3.63) is 60.9 Å². The SMILES string of the molecule is CN(C)CCNc1ccnc2c(-c3cccc4ccccc34)cnn12. The molecule has 2 aromatic carbocycles. The number of benzene rings is 2. The second-order valence-corrected chi connectivity index (χ2v) is 6.38. The lowest BCUT2D eigenvalue weighted by atomic mass is 10.0. The van der Waals surface area contributed by atoms with Crippen molar-refractivity contribution >= 4 is 22.2 Å². The van der Waals surface area contributed by atoms with Gasteiger partial charge in [0.2, 0.25) is 0 Å². The van der Waals surface area contributed by atoms with Gasteiger partial charge < -0.3 is 10.2 Å². The number of rotatable bonds is 5. The van der Waals surface area contributed by atoms with E-state index in [1.165, 1.54) is 10.8 Å². The second kappa shape index (κ2) is 6.53. The summed E-state index contributed by atoms with van der Waals surface area (Å²) in [7, 11) is 4.13. The highest BCUT2D eigenvalue weighted by molar-refractivity contribution is 5.99. The molecule has 1 N–H and O–H groups in total. The lowest BCUT2D eigenvalue weighted by Gasteiger charge is -2.12. The second-order valence-electron chi connectivity index (χ2n) is 6.38. The van der Waals surface area contributed by atoms with E-state index in [-0.39, 0.29) is 0 Å². The molecular formula is C20H21N5. The molecule has 2 aromatic heterocycles. The van der Waals surface area contributed by atoms with Crippen LogP contribution < -0.4 is 5.32 Å². The molecule has 5 heteroatoms. The molecule has 0 aliphatic rings. The predicted molar refractivity (Wildman–Crippen MR) is 103 cm³/mol. The summed E-state index contributed by atoms with van der Waals surface area (Å²) < 4.78 is 1.88. The third-order valence-electron chi connectivity index (χ3n) is 4.35. The Morgan fingerprint density at radius 1 is 1.00 bits per heavy atom. The van der Waals surface area contributed by atoms with Crippen molar-refractivity contribution in [3.8, 4) is 11.1 Å². The van der Waals surface area contributed by atoms with Gasteiger partial charge >= 0.3 is 0 Å². The maximum Gasteiger partial charge on any atom is 0.165 e. The van der Waals surface area contributed by atoms with E-state index in [1.807, 2.05) is 23.0 Å². The van der Waals surface area contributed by atoms with Gasteiger partial charge in [-0.25, -0.2) is 4.98 Å². The lowest BCUT2D eigenvalue weighted by Crippen LogP contribution is -2.21. The van der Waals surface area contributed by atoms with Gasteiger partial charge in [-0.3, -0.25) is 0 Å². The zero-order valence-corrected chi connectivity index (χ0v) is 14.5. The molecule has 126 valence electrons. The molecule has 2 heterocycles. The standard InChI is InChI=1S/C20H21N5/c1-24(2)13-12-21-19-10-11-22-20-18(14-23-25(19)20)17-9-5-7-15-6-3-4-8-16(15)17/h3-11,14,21H,12-13H2,1-2H3. The van der Waals surface area contributed by atoms with Crippen LogP contribution in [0.4, 0.5) is 5.82 Å². The van der Waals surface area contributed by atoms with Gasteiger partial charge in [-0.2, -0.15) is 9.61 Å². The molecule has 0 unspecified atom stereocenters. The Labute approximate surface area is 146 Å². The highest BCUT2D eigenvalue weighted by Gasteiger charge is 2.12. The van der Waals surface area contributed by atoms with Crippen molar-refractivity contribution in [1.82, 2.24) is 19.5 Å². The van der Waals surface area contributed by atoms with Gasteiger partial charge in [0.1, 0.15) is 5.82 Å². The average molecular weight is 331 g/mol. The number of likely N-dealkylation sites (N-methyl/N-ethyl adjacent to an activating group) is 1. The topological polar surface area (TPSA) is 45.5 Å². The number of hydrogen-bond donors (Lipinski definition) is 1. The van der Waals surface area contributed by atoms with Crippen LogP contribution in [0.5, 0.6) is 0 Å². The summed E-state index contributed by atoms with van der Waals surface area (Å²) in [5.41, 5.74) is 3.07. The number of aromatic nitrogens is 3. The first-order valence-corrected chi connectivity index (χ1v) is 8.43. The quantitative estimate of drug-likeness (QED) is 0.608. The van der Waals surface area contributed by atoms with Crippen molar-refractivity contribution in [1.29, 1.82) is 0 Å². The minimum atomic E-state index is 0.857. The molecule has 0 bridgehead atoms. The summed E-state index contributed by atoms with van der Waals surface area (Å²) in [4.78, 5) is 6.73. The molecule has 0 fully saturated rings. The van der Waals surface area contributed by atoms with Crippen LogP contribution in [-0.2, 0) is 0 Å². The molecule has 0 aliphatic carbocycles. The van der Waals surface area contributed by atoms with Crippen LogP contribution in [0.25, 0.3) is 27.5 Å². The van der Waals surface area contributed by atoms with Crippen LogP contribution in [0.2, 0.25) is 0 Å². The highest BCUT2D eigenvalue weighted by Crippen LogP contribution is 2.31. The van der Waals surface area contributed by atoms with Gasteiger partial charge in [0, 0.05) is 24.8 Å². The van der Waals surface area contributed by atoms with Gasteiger partial charge in [0.25, 0.3) is 0 Å². The summed E-state index contributed by atoms with van der Waals surface area (Å²) in [6, 6.07) is 16.7. The Bertz CT molecular complexity index is 1010. The molecule has 4 rings (SSSR count). The molecule has 0 aliphatic heterocycles. The highest BCUT2D eigenvalue weighted by atomic mass is 15.3. The van der Waals surface area contributed by atoms with E-state index in [0.29, 0.717) is 0 Å². The first-order chi connectivity index (χ1) is 12.2. The Balaban J connectivity index is 1.79. The van der Waals surface area contributed by atoms with Crippen molar-refractivity contribution in [2.45, 2.75) is 0 Å². The zero-order chi connectivity index (χ0) is 17.2. The van der Waals surface area contributed by atoms with E-state index in [2.05, 4.69) is 76.9 Å². The summed E-state index contributed by atoms with van der Waals surface area (Å²) in [5.74, 6) is 0.957. The monoisotopic (exact) mass is 331 g/mol. The van der Waals surface area contributed by atoms with E-state index in [1.54, 1.807) is 0 Å². The summed E-state index contributed by atoms with van der Waals surface area (Å²) in [5, 5.41) is 10.5. The van der Waals surface area contributed by atoms with E-state index in [4.69, 9.17) is 0 Å². The minimum Gasteiger partial charge on any atom is -0.369 e. The number of hydrogen-bond acceptors (Lipinski definition) is 4. The van der Waals surface area contributed by atoms with Gasteiger partial charge in [-0.15, -0.1) is 0 Å². The van der Waals surface area contributed by atoms with Crippen LogP contribution >= 0.6 is 0 Å². The number of fused-ring (bicyclic) bond motifs is 2. The predicted octanol–water partition coefficient (Wildman–Crippen LogP) is 3.52. The van der Waals surface area contributed by atoms with Gasteiger partial charge in [0.15, 0.2) is 5.65 Å². The molecule has 0 saturated heterocycles. The fourth-order valence-electron chi connectivity index (χ4n) is 3.08. The largest absolute Gasteiger partial charge is 0.369 e. The smallest absolute Gasteiger partial charge is 0.165 e. The van der Waals surface area contributed by atoms with Gasteiger partial charge in [-0.1, -0.05) is 42.5 Å².